The van der Waals surface area contributed by atoms with E-state index in [1.54, 1.807) is 12.3 Å². The van der Waals surface area contributed by atoms with Crippen LogP contribution in [-0.4, -0.2) is 4.98 Å². The number of nitrogens with zero attached hydrogens (tertiary/aromatic N) is 1. The molecule has 4 heteroatoms. The van der Waals surface area contributed by atoms with Crippen LogP contribution in [0.15, 0.2) is 30.5 Å². The van der Waals surface area contributed by atoms with E-state index in [4.69, 9.17) is 17.3 Å². The van der Waals surface area contributed by atoms with E-state index in [9.17, 15) is 4.39 Å². The van der Waals surface area contributed by atoms with Crippen LogP contribution >= 0.6 is 11.6 Å². The molecule has 0 saturated heterocycles. The standard InChI is InChI=1S/C15H16ClFN2/c1-9-5-10(2)15(19-8-9)14(18)7-11-6-12(17)3-4-13(11)16/h3-6,8,14H,7,18H2,1-2H3. The Morgan fingerprint density at radius 3 is 2.74 bits per heavy atom. The Kier molecular flexibility index (Phi) is 4.17. The smallest absolute Gasteiger partial charge is 0.123 e. The van der Waals surface area contributed by atoms with Crippen molar-refractivity contribution < 1.29 is 4.39 Å². The SMILES string of the molecule is Cc1cnc(C(N)Cc2cc(F)ccc2Cl)c(C)c1. The van der Waals surface area contributed by atoms with Crippen molar-refractivity contribution in [1.82, 2.24) is 4.98 Å². The van der Waals surface area contributed by atoms with E-state index < -0.39 is 0 Å². The molecule has 0 fully saturated rings. The highest BCUT2D eigenvalue weighted by Gasteiger charge is 2.14. The molecule has 1 aromatic carbocycles. The van der Waals surface area contributed by atoms with Gasteiger partial charge in [0.15, 0.2) is 0 Å². The summed E-state index contributed by atoms with van der Waals surface area (Å²) in [4.78, 5) is 4.36. The molecule has 0 aliphatic heterocycles. The maximum absolute atomic E-state index is 13.2. The van der Waals surface area contributed by atoms with Gasteiger partial charge in [0, 0.05) is 11.2 Å². The minimum Gasteiger partial charge on any atom is -0.322 e. The van der Waals surface area contributed by atoms with Crippen LogP contribution in [0.2, 0.25) is 5.02 Å². The molecule has 2 aromatic rings. The highest BCUT2D eigenvalue weighted by molar-refractivity contribution is 6.31. The van der Waals surface area contributed by atoms with Gasteiger partial charge in [-0.1, -0.05) is 17.7 Å². The third-order valence-corrected chi connectivity index (χ3v) is 3.42. The van der Waals surface area contributed by atoms with Gasteiger partial charge in [0.25, 0.3) is 0 Å². The van der Waals surface area contributed by atoms with Gasteiger partial charge >= 0.3 is 0 Å². The fourth-order valence-corrected chi connectivity index (χ4v) is 2.34. The van der Waals surface area contributed by atoms with E-state index in [2.05, 4.69) is 4.98 Å². The third-order valence-electron chi connectivity index (χ3n) is 3.05. The molecule has 100 valence electrons. The van der Waals surface area contributed by atoms with Crippen molar-refractivity contribution in [2.24, 2.45) is 5.73 Å². The van der Waals surface area contributed by atoms with Crippen LogP contribution in [0.25, 0.3) is 0 Å². The number of nitrogens with two attached hydrogens (primary N) is 1. The lowest BCUT2D eigenvalue weighted by Gasteiger charge is -2.15. The molecule has 2 nitrogen and oxygen atoms in total. The number of hydrogen-bond acceptors (Lipinski definition) is 2. The maximum atomic E-state index is 13.2. The molecule has 1 unspecified atom stereocenters. The second-order valence-electron chi connectivity index (χ2n) is 4.76. The van der Waals surface area contributed by atoms with Gasteiger partial charge in [-0.3, -0.25) is 4.98 Å². The van der Waals surface area contributed by atoms with Crippen molar-refractivity contribution in [3.63, 3.8) is 0 Å². The molecule has 0 radical (unpaired) electrons. The van der Waals surface area contributed by atoms with Crippen LogP contribution in [0.5, 0.6) is 0 Å². The number of benzene rings is 1. The quantitative estimate of drug-likeness (QED) is 0.929. The first-order valence-electron chi connectivity index (χ1n) is 6.10. The zero-order chi connectivity index (χ0) is 14.0. The summed E-state index contributed by atoms with van der Waals surface area (Å²) in [6.07, 6.45) is 2.25. The summed E-state index contributed by atoms with van der Waals surface area (Å²) in [5, 5.41) is 0.529. The second-order valence-corrected chi connectivity index (χ2v) is 5.17. The molecule has 19 heavy (non-hydrogen) atoms. The van der Waals surface area contributed by atoms with Crippen molar-refractivity contribution in [3.8, 4) is 0 Å². The molecular weight excluding hydrogens is 263 g/mol. The van der Waals surface area contributed by atoms with Crippen molar-refractivity contribution in [2.75, 3.05) is 0 Å². The lowest BCUT2D eigenvalue weighted by molar-refractivity contribution is 0.620. The Morgan fingerprint density at radius 2 is 2.05 bits per heavy atom. The molecule has 2 N–H and O–H groups in total. The second kappa shape index (κ2) is 5.68. The van der Waals surface area contributed by atoms with Gasteiger partial charge in [-0.2, -0.15) is 0 Å². The van der Waals surface area contributed by atoms with Crippen LogP contribution in [0.3, 0.4) is 0 Å². The third kappa shape index (κ3) is 3.31. The monoisotopic (exact) mass is 278 g/mol. The summed E-state index contributed by atoms with van der Waals surface area (Å²) in [5.41, 5.74) is 9.82. The molecule has 0 aliphatic rings. The van der Waals surface area contributed by atoms with Gasteiger partial charge < -0.3 is 5.73 Å². The van der Waals surface area contributed by atoms with E-state index in [-0.39, 0.29) is 11.9 Å². The Balaban J connectivity index is 2.25. The zero-order valence-electron chi connectivity index (χ0n) is 11.0. The average Bonchev–Trinajstić information content (AvgIpc) is 2.33. The number of aromatic nitrogens is 1. The Morgan fingerprint density at radius 1 is 1.32 bits per heavy atom. The minimum absolute atomic E-state index is 0.292. The number of pyridine rings is 1. The molecule has 0 spiro atoms. The molecule has 0 bridgehead atoms. The first-order valence-corrected chi connectivity index (χ1v) is 6.48. The van der Waals surface area contributed by atoms with Gasteiger partial charge in [-0.25, -0.2) is 4.39 Å². The fourth-order valence-electron chi connectivity index (χ4n) is 2.15. The van der Waals surface area contributed by atoms with Crippen LogP contribution < -0.4 is 5.73 Å². The van der Waals surface area contributed by atoms with Gasteiger partial charge in [-0.15, -0.1) is 0 Å². The molecule has 0 saturated carbocycles. The van der Waals surface area contributed by atoms with Crippen molar-refractivity contribution in [1.29, 1.82) is 0 Å². The van der Waals surface area contributed by atoms with Crippen LogP contribution in [0.1, 0.15) is 28.4 Å². The topological polar surface area (TPSA) is 38.9 Å². The van der Waals surface area contributed by atoms with Gasteiger partial charge in [-0.05, 0) is 55.2 Å². The van der Waals surface area contributed by atoms with Gasteiger partial charge in [0.05, 0.1) is 11.7 Å². The summed E-state index contributed by atoms with van der Waals surface area (Å²) >= 11 is 6.05. The number of rotatable bonds is 3. The predicted molar refractivity (Wildman–Crippen MR) is 75.8 cm³/mol. The number of hydrogen-bond donors (Lipinski definition) is 1. The van der Waals surface area contributed by atoms with Crippen molar-refractivity contribution >= 4 is 11.6 Å². The Bertz CT molecular complexity index is 599. The van der Waals surface area contributed by atoms with E-state index in [1.165, 1.54) is 12.1 Å². The number of aryl methyl sites for hydroxylation is 2. The minimum atomic E-state index is -0.305. The lowest BCUT2D eigenvalue weighted by Crippen LogP contribution is -2.16. The lowest BCUT2D eigenvalue weighted by atomic mass is 10.00. The number of halogens is 2. The van der Waals surface area contributed by atoms with E-state index >= 15 is 0 Å². The Labute approximate surface area is 117 Å². The highest BCUT2D eigenvalue weighted by Crippen LogP contribution is 2.23. The van der Waals surface area contributed by atoms with Crippen LogP contribution in [-0.2, 0) is 6.42 Å². The summed E-state index contributed by atoms with van der Waals surface area (Å²) in [7, 11) is 0. The van der Waals surface area contributed by atoms with Crippen molar-refractivity contribution in [3.05, 3.63) is 63.7 Å². The Hall–Kier alpha value is -1.45. The molecule has 0 aliphatic carbocycles. The molecular formula is C15H16ClFN2. The van der Waals surface area contributed by atoms with Crippen molar-refractivity contribution in [2.45, 2.75) is 26.3 Å². The summed E-state index contributed by atoms with van der Waals surface area (Å²) < 4.78 is 13.2. The maximum Gasteiger partial charge on any atom is 0.123 e. The van der Waals surface area contributed by atoms with Crippen LogP contribution in [0.4, 0.5) is 4.39 Å². The summed E-state index contributed by atoms with van der Waals surface area (Å²) in [6, 6.07) is 6.06. The summed E-state index contributed by atoms with van der Waals surface area (Å²) in [5.74, 6) is -0.305. The molecule has 1 atom stereocenters. The highest BCUT2D eigenvalue weighted by atomic mass is 35.5. The largest absolute Gasteiger partial charge is 0.322 e. The average molecular weight is 279 g/mol. The molecule has 2 rings (SSSR count). The predicted octanol–water partition coefficient (Wildman–Crippen LogP) is 3.73. The molecule has 1 aromatic heterocycles. The zero-order valence-corrected chi connectivity index (χ0v) is 11.7. The molecule has 1 heterocycles. The normalized spacial score (nSPS) is 12.5. The van der Waals surface area contributed by atoms with Gasteiger partial charge in [0.2, 0.25) is 0 Å². The van der Waals surface area contributed by atoms with E-state index in [0.29, 0.717) is 17.0 Å². The first-order chi connectivity index (χ1) is 8.97. The summed E-state index contributed by atoms with van der Waals surface area (Å²) in [6.45, 7) is 3.96. The van der Waals surface area contributed by atoms with E-state index in [0.717, 1.165) is 16.8 Å². The van der Waals surface area contributed by atoms with Gasteiger partial charge in [0.1, 0.15) is 5.82 Å². The fraction of sp³-hybridized carbons (Fsp3) is 0.267. The van der Waals surface area contributed by atoms with E-state index in [1.807, 2.05) is 19.9 Å². The first kappa shape index (κ1) is 14.0. The molecule has 0 amide bonds. The van der Waals surface area contributed by atoms with Crippen LogP contribution in [0, 0.1) is 19.7 Å².